The minimum absolute atomic E-state index is 0.0435. The van der Waals surface area contributed by atoms with Gasteiger partial charge in [-0.2, -0.15) is 0 Å². The second-order valence-corrected chi connectivity index (χ2v) is 2.63. The van der Waals surface area contributed by atoms with Gasteiger partial charge in [0, 0.05) is 0 Å². The molecule has 5 heteroatoms. The number of furan rings is 1. The number of ether oxygens (including phenoxy) is 1. The van der Waals surface area contributed by atoms with Crippen LogP contribution in [0.5, 0.6) is 0 Å². The van der Waals surface area contributed by atoms with Crippen molar-refractivity contribution in [2.75, 3.05) is 6.61 Å². The predicted octanol–water partition coefficient (Wildman–Crippen LogP) is 2.51. The Bertz CT molecular complexity index is 297. The van der Waals surface area contributed by atoms with Gasteiger partial charge in [0.1, 0.15) is 0 Å². The molecule has 0 amide bonds. The topological polar surface area (TPSA) is 39.4 Å². The van der Waals surface area contributed by atoms with Gasteiger partial charge in [-0.15, -0.1) is 0 Å². The molecule has 1 aromatic heterocycles. The van der Waals surface area contributed by atoms with Crippen LogP contribution >= 0.6 is 11.6 Å². The number of rotatable bonds is 3. The highest BCUT2D eigenvalue weighted by Gasteiger charge is 2.24. The lowest BCUT2D eigenvalue weighted by Gasteiger charge is -2.03. The van der Waals surface area contributed by atoms with Gasteiger partial charge in [-0.05, 0) is 30.7 Å². The average Bonchev–Trinajstić information content (AvgIpc) is 2.51. The minimum Gasteiger partial charge on any atom is -0.463 e. The highest BCUT2D eigenvalue weighted by molar-refractivity contribution is 6.28. The standard InChI is InChI=1S/C8H8ClFO3/c1-2-12-8(11)7(10)5-3-4-6(9)13-5/h3-4,7H,2H2,1H3. The first kappa shape index (κ1) is 10.1. The second-order valence-electron chi connectivity index (χ2n) is 2.26. The normalized spacial score (nSPS) is 12.5. The quantitative estimate of drug-likeness (QED) is 0.714. The molecule has 13 heavy (non-hydrogen) atoms. The molecule has 3 nitrogen and oxygen atoms in total. The number of alkyl halides is 1. The molecule has 0 radical (unpaired) electrons. The first-order valence-electron chi connectivity index (χ1n) is 3.71. The van der Waals surface area contributed by atoms with Crippen LogP contribution in [0.3, 0.4) is 0 Å². The molecule has 0 bridgehead atoms. The zero-order valence-electron chi connectivity index (χ0n) is 6.92. The number of hydrogen-bond donors (Lipinski definition) is 0. The number of carbonyl (C=O) groups is 1. The SMILES string of the molecule is CCOC(=O)C(F)c1ccc(Cl)o1. The molecule has 0 aliphatic heterocycles. The fourth-order valence-electron chi connectivity index (χ4n) is 0.796. The van der Waals surface area contributed by atoms with Crippen LogP contribution in [0.4, 0.5) is 4.39 Å². The monoisotopic (exact) mass is 206 g/mol. The van der Waals surface area contributed by atoms with E-state index in [0.29, 0.717) is 0 Å². The Labute approximate surface area is 79.4 Å². The van der Waals surface area contributed by atoms with Gasteiger partial charge in [-0.25, -0.2) is 9.18 Å². The van der Waals surface area contributed by atoms with Crippen molar-refractivity contribution in [2.45, 2.75) is 13.1 Å². The van der Waals surface area contributed by atoms with Gasteiger partial charge in [0.05, 0.1) is 6.61 Å². The van der Waals surface area contributed by atoms with Crippen molar-refractivity contribution in [3.05, 3.63) is 23.1 Å². The molecule has 0 spiro atoms. The molecular weight excluding hydrogens is 199 g/mol. The fourth-order valence-corrected chi connectivity index (χ4v) is 0.948. The van der Waals surface area contributed by atoms with E-state index < -0.39 is 12.1 Å². The van der Waals surface area contributed by atoms with E-state index >= 15 is 0 Å². The zero-order chi connectivity index (χ0) is 9.84. The van der Waals surface area contributed by atoms with Crippen molar-refractivity contribution in [1.82, 2.24) is 0 Å². The van der Waals surface area contributed by atoms with Crippen molar-refractivity contribution < 1.29 is 18.3 Å². The van der Waals surface area contributed by atoms with Crippen LogP contribution in [-0.2, 0) is 9.53 Å². The molecule has 0 fully saturated rings. The summed E-state index contributed by atoms with van der Waals surface area (Å²) in [6.45, 7) is 1.73. The zero-order valence-corrected chi connectivity index (χ0v) is 7.68. The maximum Gasteiger partial charge on any atom is 0.348 e. The third-order valence-electron chi connectivity index (χ3n) is 1.34. The lowest BCUT2D eigenvalue weighted by molar-refractivity contribution is -0.150. The summed E-state index contributed by atoms with van der Waals surface area (Å²) in [5.41, 5.74) is 0. The van der Waals surface area contributed by atoms with Gasteiger partial charge >= 0.3 is 5.97 Å². The summed E-state index contributed by atoms with van der Waals surface area (Å²) >= 11 is 5.40. The van der Waals surface area contributed by atoms with Crippen LogP contribution in [0.1, 0.15) is 18.9 Å². The van der Waals surface area contributed by atoms with Crippen LogP contribution in [0.2, 0.25) is 5.22 Å². The van der Waals surface area contributed by atoms with Gasteiger partial charge < -0.3 is 9.15 Å². The maximum atomic E-state index is 13.1. The van der Waals surface area contributed by atoms with Crippen molar-refractivity contribution in [3.63, 3.8) is 0 Å². The Morgan fingerprint density at radius 2 is 2.46 bits per heavy atom. The van der Waals surface area contributed by atoms with Crippen molar-refractivity contribution in [3.8, 4) is 0 Å². The summed E-state index contributed by atoms with van der Waals surface area (Å²) in [5.74, 6) is -1.10. The van der Waals surface area contributed by atoms with Crippen LogP contribution in [0, 0.1) is 0 Å². The van der Waals surface area contributed by atoms with Crippen LogP contribution in [-0.4, -0.2) is 12.6 Å². The summed E-state index contributed by atoms with van der Waals surface area (Å²) in [4.78, 5) is 10.9. The molecular formula is C8H8ClFO3. The summed E-state index contributed by atoms with van der Waals surface area (Å²) in [6.07, 6.45) is -1.90. The van der Waals surface area contributed by atoms with E-state index in [-0.39, 0.29) is 17.6 Å². The summed E-state index contributed by atoms with van der Waals surface area (Å²) in [5, 5.41) is 0.0435. The van der Waals surface area contributed by atoms with Crippen molar-refractivity contribution >= 4 is 17.6 Å². The first-order chi connectivity index (χ1) is 6.15. The summed E-state index contributed by atoms with van der Waals surface area (Å²) in [7, 11) is 0. The molecule has 1 rings (SSSR count). The lowest BCUT2D eigenvalue weighted by Crippen LogP contribution is -2.11. The van der Waals surface area contributed by atoms with Gasteiger partial charge in [0.25, 0.3) is 6.17 Å². The number of halogens is 2. The molecule has 0 aromatic carbocycles. The van der Waals surface area contributed by atoms with Gasteiger partial charge in [0.15, 0.2) is 11.0 Å². The lowest BCUT2D eigenvalue weighted by atomic mass is 10.3. The summed E-state index contributed by atoms with van der Waals surface area (Å²) in [6, 6.07) is 2.66. The third-order valence-corrected chi connectivity index (χ3v) is 1.54. The maximum absolute atomic E-state index is 13.1. The predicted molar refractivity (Wildman–Crippen MR) is 44.2 cm³/mol. The molecule has 0 aliphatic rings. The van der Waals surface area contributed by atoms with Gasteiger partial charge in [-0.3, -0.25) is 0 Å². The smallest absolute Gasteiger partial charge is 0.348 e. The van der Waals surface area contributed by atoms with Gasteiger partial charge in [-0.1, -0.05) is 0 Å². The third kappa shape index (κ3) is 2.45. The Morgan fingerprint density at radius 1 is 1.77 bits per heavy atom. The Morgan fingerprint density at radius 3 is 2.92 bits per heavy atom. The van der Waals surface area contributed by atoms with E-state index in [1.807, 2.05) is 0 Å². The molecule has 1 atom stereocenters. The van der Waals surface area contributed by atoms with E-state index in [0.717, 1.165) is 0 Å². The Balaban J connectivity index is 2.67. The highest BCUT2D eigenvalue weighted by atomic mass is 35.5. The second kappa shape index (κ2) is 4.28. The van der Waals surface area contributed by atoms with E-state index in [2.05, 4.69) is 4.74 Å². The fraction of sp³-hybridized carbons (Fsp3) is 0.375. The van der Waals surface area contributed by atoms with Crippen molar-refractivity contribution in [2.24, 2.45) is 0 Å². The first-order valence-corrected chi connectivity index (χ1v) is 4.09. The molecule has 1 unspecified atom stereocenters. The van der Waals surface area contributed by atoms with Gasteiger partial charge in [0.2, 0.25) is 0 Å². The van der Waals surface area contributed by atoms with Crippen LogP contribution in [0.25, 0.3) is 0 Å². The molecule has 1 aromatic rings. The highest BCUT2D eigenvalue weighted by Crippen LogP contribution is 2.23. The van der Waals surface area contributed by atoms with Crippen molar-refractivity contribution in [1.29, 1.82) is 0 Å². The molecule has 1 heterocycles. The molecule has 0 aliphatic carbocycles. The molecule has 72 valence electrons. The van der Waals surface area contributed by atoms with E-state index in [1.54, 1.807) is 6.92 Å². The van der Waals surface area contributed by atoms with E-state index in [1.165, 1.54) is 12.1 Å². The number of hydrogen-bond acceptors (Lipinski definition) is 3. The number of carbonyl (C=O) groups excluding carboxylic acids is 1. The minimum atomic E-state index is -1.90. The van der Waals surface area contributed by atoms with E-state index in [9.17, 15) is 9.18 Å². The largest absolute Gasteiger partial charge is 0.463 e. The Hall–Kier alpha value is -1.03. The molecule has 0 saturated heterocycles. The molecule has 0 N–H and O–H groups in total. The Kier molecular flexibility index (Phi) is 3.31. The van der Waals surface area contributed by atoms with E-state index in [4.69, 9.17) is 16.0 Å². The number of esters is 1. The molecule has 0 saturated carbocycles. The average molecular weight is 207 g/mol. The summed E-state index contributed by atoms with van der Waals surface area (Å²) < 4.78 is 22.3. The van der Waals surface area contributed by atoms with Crippen LogP contribution < -0.4 is 0 Å². The van der Waals surface area contributed by atoms with Crippen LogP contribution in [0.15, 0.2) is 16.5 Å².